The standard InChI is InChI=1S/C34H39NO/c1-21-16-32-29-13-11-25-18-27(36)12-14-28(25)33(29)30(19-34(32,2)31(21)17-22-5-6-22)24-9-7-23(8-10-24)26-4-3-15-35-20-26/h3-4,7-10,15,18,20-22,29-32H,5-6,11-14,16-17,19H2,1-2H3/t21-,29+,30-,31+,32+,34-/m1/s1. The third kappa shape index (κ3) is 3.66. The number of pyridine rings is 1. The molecule has 36 heavy (non-hydrogen) atoms. The minimum Gasteiger partial charge on any atom is -0.295 e. The first-order valence-electron chi connectivity index (χ1n) is 14.5. The predicted octanol–water partition coefficient (Wildman–Crippen LogP) is 8.31. The van der Waals surface area contributed by atoms with Crippen molar-refractivity contribution in [3.05, 3.63) is 77.2 Å². The summed E-state index contributed by atoms with van der Waals surface area (Å²) >= 11 is 0. The van der Waals surface area contributed by atoms with Crippen LogP contribution in [0.25, 0.3) is 11.1 Å². The number of carbonyl (C=O) groups is 1. The van der Waals surface area contributed by atoms with E-state index in [1.165, 1.54) is 60.8 Å². The van der Waals surface area contributed by atoms with E-state index in [4.69, 9.17) is 0 Å². The van der Waals surface area contributed by atoms with Gasteiger partial charge in [0, 0.05) is 24.7 Å². The van der Waals surface area contributed by atoms with Gasteiger partial charge in [-0.1, -0.05) is 62.6 Å². The Morgan fingerprint density at radius 2 is 1.83 bits per heavy atom. The molecule has 0 spiro atoms. The molecule has 1 heterocycles. The SMILES string of the molecule is C[C@@H]1C[C@H]2[C@@H]3CCC4=CC(=O)CCC4=C3[C@@H](c3ccc(-c4cccnc4)cc3)C[C@]2(C)[C@H]1CC1CC1. The van der Waals surface area contributed by atoms with E-state index in [0.717, 1.165) is 36.5 Å². The zero-order valence-electron chi connectivity index (χ0n) is 21.9. The number of benzene rings is 1. The Morgan fingerprint density at radius 3 is 2.58 bits per heavy atom. The zero-order chi connectivity index (χ0) is 24.4. The normalized spacial score (nSPS) is 35.7. The highest BCUT2D eigenvalue weighted by Gasteiger charge is 2.59. The fourth-order valence-electron chi connectivity index (χ4n) is 9.08. The number of hydrogen-bond acceptors (Lipinski definition) is 2. The van der Waals surface area contributed by atoms with Crippen molar-refractivity contribution in [2.45, 2.75) is 77.6 Å². The molecule has 0 aliphatic heterocycles. The summed E-state index contributed by atoms with van der Waals surface area (Å²) in [6, 6.07) is 13.6. The van der Waals surface area contributed by atoms with Gasteiger partial charge in [-0.15, -0.1) is 0 Å². The molecule has 7 rings (SSSR count). The van der Waals surface area contributed by atoms with E-state index in [1.54, 1.807) is 11.1 Å². The summed E-state index contributed by atoms with van der Waals surface area (Å²) < 4.78 is 0. The number of aromatic nitrogens is 1. The van der Waals surface area contributed by atoms with Crippen molar-refractivity contribution in [2.75, 3.05) is 0 Å². The largest absolute Gasteiger partial charge is 0.295 e. The van der Waals surface area contributed by atoms with Gasteiger partial charge in [0.1, 0.15) is 0 Å². The van der Waals surface area contributed by atoms with Crippen LogP contribution in [-0.2, 0) is 4.79 Å². The lowest BCUT2D eigenvalue weighted by molar-refractivity contribution is -0.114. The topological polar surface area (TPSA) is 30.0 Å². The van der Waals surface area contributed by atoms with Crippen LogP contribution in [0.1, 0.15) is 83.1 Å². The van der Waals surface area contributed by atoms with Crippen molar-refractivity contribution in [2.24, 2.45) is 35.0 Å². The Hall–Kier alpha value is -2.48. The summed E-state index contributed by atoms with van der Waals surface area (Å²) in [5.74, 6) is 5.02. The summed E-state index contributed by atoms with van der Waals surface area (Å²) in [5, 5.41) is 0. The van der Waals surface area contributed by atoms with E-state index in [1.807, 2.05) is 24.5 Å². The Kier molecular flexibility index (Phi) is 5.38. The van der Waals surface area contributed by atoms with E-state index in [2.05, 4.69) is 49.2 Å². The molecule has 5 aliphatic carbocycles. The highest BCUT2D eigenvalue weighted by atomic mass is 16.1. The summed E-state index contributed by atoms with van der Waals surface area (Å²) in [6.45, 7) is 5.25. The highest BCUT2D eigenvalue weighted by molar-refractivity contribution is 5.93. The third-order valence-electron chi connectivity index (χ3n) is 10.9. The van der Waals surface area contributed by atoms with E-state index >= 15 is 0 Å². The van der Waals surface area contributed by atoms with Gasteiger partial charge in [0.25, 0.3) is 0 Å². The van der Waals surface area contributed by atoms with Gasteiger partial charge in [0.15, 0.2) is 5.78 Å². The van der Waals surface area contributed by atoms with Crippen molar-refractivity contribution < 1.29 is 4.79 Å². The molecular weight excluding hydrogens is 438 g/mol. The first-order chi connectivity index (χ1) is 17.5. The van der Waals surface area contributed by atoms with Crippen molar-refractivity contribution in [3.63, 3.8) is 0 Å². The Bertz CT molecular complexity index is 1230. The molecule has 2 nitrogen and oxygen atoms in total. The molecule has 186 valence electrons. The van der Waals surface area contributed by atoms with Crippen LogP contribution in [0.4, 0.5) is 0 Å². The quantitative estimate of drug-likeness (QED) is 0.443. The number of nitrogens with zero attached hydrogens (tertiary/aromatic N) is 1. The average molecular weight is 478 g/mol. The minimum absolute atomic E-state index is 0.338. The van der Waals surface area contributed by atoms with E-state index in [0.29, 0.717) is 29.5 Å². The lowest BCUT2D eigenvalue weighted by Crippen LogP contribution is -2.43. The number of rotatable bonds is 4. The molecule has 6 atom stereocenters. The summed E-state index contributed by atoms with van der Waals surface area (Å²) in [7, 11) is 0. The van der Waals surface area contributed by atoms with Crippen LogP contribution in [0.2, 0.25) is 0 Å². The molecule has 5 aliphatic rings. The van der Waals surface area contributed by atoms with Crippen LogP contribution in [0.15, 0.2) is 71.6 Å². The molecule has 0 N–H and O–H groups in total. The molecule has 0 saturated heterocycles. The lowest BCUT2D eigenvalue weighted by atomic mass is 9.51. The predicted molar refractivity (Wildman–Crippen MR) is 145 cm³/mol. The van der Waals surface area contributed by atoms with Gasteiger partial charge in [0.05, 0.1) is 0 Å². The first-order valence-corrected chi connectivity index (χ1v) is 14.5. The van der Waals surface area contributed by atoms with Gasteiger partial charge < -0.3 is 0 Å². The lowest BCUT2D eigenvalue weighted by Gasteiger charge is -2.53. The molecule has 0 radical (unpaired) electrons. The summed E-state index contributed by atoms with van der Waals surface area (Å²) in [5.41, 5.74) is 9.02. The fourth-order valence-corrected chi connectivity index (χ4v) is 9.08. The smallest absolute Gasteiger partial charge is 0.156 e. The van der Waals surface area contributed by atoms with E-state index in [9.17, 15) is 4.79 Å². The molecular formula is C34H39NO. The molecule has 1 aromatic heterocycles. The maximum Gasteiger partial charge on any atom is 0.156 e. The average Bonchev–Trinajstić information content (AvgIpc) is 3.69. The highest BCUT2D eigenvalue weighted by Crippen LogP contribution is 2.68. The maximum atomic E-state index is 12.3. The second kappa shape index (κ2) is 8.54. The van der Waals surface area contributed by atoms with E-state index in [-0.39, 0.29) is 0 Å². The van der Waals surface area contributed by atoms with Crippen LogP contribution >= 0.6 is 0 Å². The molecule has 1 aromatic carbocycles. The monoisotopic (exact) mass is 477 g/mol. The van der Waals surface area contributed by atoms with Crippen LogP contribution < -0.4 is 0 Å². The van der Waals surface area contributed by atoms with Gasteiger partial charge in [-0.3, -0.25) is 9.78 Å². The molecule has 2 aromatic rings. The molecule has 0 amide bonds. The molecule has 3 fully saturated rings. The van der Waals surface area contributed by atoms with E-state index < -0.39 is 0 Å². The number of allylic oxidation sites excluding steroid dienone is 4. The second-order valence-electron chi connectivity index (χ2n) is 12.9. The van der Waals surface area contributed by atoms with Crippen LogP contribution in [0.5, 0.6) is 0 Å². The second-order valence-corrected chi connectivity index (χ2v) is 12.9. The number of fused-ring (bicyclic) bond motifs is 4. The first kappa shape index (κ1) is 22.7. The molecule has 2 heteroatoms. The number of ketones is 1. The van der Waals surface area contributed by atoms with Gasteiger partial charge in [-0.05, 0) is 114 Å². The zero-order valence-corrected chi connectivity index (χ0v) is 21.9. The van der Waals surface area contributed by atoms with Gasteiger partial charge in [0.2, 0.25) is 0 Å². The fraction of sp³-hybridized carbons (Fsp3) is 0.529. The number of hydrogen-bond donors (Lipinski definition) is 0. The summed E-state index contributed by atoms with van der Waals surface area (Å²) in [6.07, 6.45) is 16.9. The van der Waals surface area contributed by atoms with Crippen LogP contribution in [0.3, 0.4) is 0 Å². The van der Waals surface area contributed by atoms with Crippen LogP contribution in [0, 0.1) is 35.0 Å². The molecule has 0 unspecified atom stereocenters. The van der Waals surface area contributed by atoms with Gasteiger partial charge >= 0.3 is 0 Å². The minimum atomic E-state index is 0.338. The van der Waals surface area contributed by atoms with Gasteiger partial charge in [-0.2, -0.15) is 0 Å². The van der Waals surface area contributed by atoms with Crippen molar-refractivity contribution in [1.82, 2.24) is 4.98 Å². The van der Waals surface area contributed by atoms with Crippen molar-refractivity contribution >= 4 is 5.78 Å². The third-order valence-corrected chi connectivity index (χ3v) is 10.9. The van der Waals surface area contributed by atoms with Crippen molar-refractivity contribution in [3.8, 4) is 11.1 Å². The molecule has 3 saturated carbocycles. The Morgan fingerprint density at radius 1 is 1.00 bits per heavy atom. The molecule has 0 bridgehead atoms. The van der Waals surface area contributed by atoms with Crippen LogP contribution in [-0.4, -0.2) is 10.8 Å². The van der Waals surface area contributed by atoms with Crippen molar-refractivity contribution in [1.29, 1.82) is 0 Å². The summed E-state index contributed by atoms with van der Waals surface area (Å²) in [4.78, 5) is 16.7. The Balaban J connectivity index is 1.32. The maximum absolute atomic E-state index is 12.3. The van der Waals surface area contributed by atoms with Gasteiger partial charge in [-0.25, -0.2) is 0 Å². The number of carbonyl (C=O) groups excluding carboxylic acids is 1. The Labute approximate surface area is 216 Å².